The van der Waals surface area contributed by atoms with Gasteiger partial charge in [0.1, 0.15) is 17.2 Å². The van der Waals surface area contributed by atoms with Crippen molar-refractivity contribution in [3.8, 4) is 17.0 Å². The first-order valence-electron chi connectivity index (χ1n) is 6.86. The van der Waals surface area contributed by atoms with Gasteiger partial charge in [0, 0.05) is 17.9 Å². The summed E-state index contributed by atoms with van der Waals surface area (Å²) in [7, 11) is 0. The van der Waals surface area contributed by atoms with E-state index in [9.17, 15) is 5.11 Å². The lowest BCUT2D eigenvalue weighted by molar-refractivity contribution is 0.356. The normalized spacial score (nSPS) is 17.8. The van der Waals surface area contributed by atoms with E-state index in [1.54, 1.807) is 6.07 Å². The molecule has 19 heavy (non-hydrogen) atoms. The van der Waals surface area contributed by atoms with Crippen LogP contribution in [0.2, 0.25) is 0 Å². The highest BCUT2D eigenvalue weighted by Crippen LogP contribution is 2.45. The maximum Gasteiger partial charge on any atom is 0.191 e. The van der Waals surface area contributed by atoms with Gasteiger partial charge in [0.05, 0.1) is 0 Å². The predicted octanol–water partition coefficient (Wildman–Crippen LogP) is 4.19. The Kier molecular flexibility index (Phi) is 2.85. The molecule has 3 rings (SSSR count). The molecule has 0 saturated heterocycles. The zero-order valence-corrected chi connectivity index (χ0v) is 11.4. The fraction of sp³-hybridized carbons (Fsp3) is 0.438. The highest BCUT2D eigenvalue weighted by atomic mass is 16.4. The molecule has 0 radical (unpaired) electrons. The van der Waals surface area contributed by atoms with E-state index in [0.29, 0.717) is 5.89 Å². The number of benzene rings is 1. The summed E-state index contributed by atoms with van der Waals surface area (Å²) in [5, 5.41) is 10.0. The van der Waals surface area contributed by atoms with Crippen LogP contribution in [0.4, 0.5) is 0 Å². The highest BCUT2D eigenvalue weighted by molar-refractivity contribution is 5.69. The molecule has 100 valence electrons. The Morgan fingerprint density at radius 2 is 1.89 bits per heavy atom. The van der Waals surface area contributed by atoms with E-state index < -0.39 is 0 Å². The summed E-state index contributed by atoms with van der Waals surface area (Å²) < 4.78 is 5.89. The van der Waals surface area contributed by atoms with Crippen LogP contribution in [0.5, 0.6) is 5.75 Å². The number of rotatable bonds is 2. The van der Waals surface area contributed by atoms with Crippen molar-refractivity contribution >= 4 is 0 Å². The maximum absolute atomic E-state index is 10.0. The third-order valence-electron chi connectivity index (χ3n) is 4.15. The van der Waals surface area contributed by atoms with Gasteiger partial charge in [-0.2, -0.15) is 0 Å². The van der Waals surface area contributed by atoms with Crippen molar-refractivity contribution in [3.63, 3.8) is 0 Å². The first-order chi connectivity index (χ1) is 9.10. The molecule has 1 fully saturated rings. The summed E-state index contributed by atoms with van der Waals surface area (Å²) >= 11 is 0. The van der Waals surface area contributed by atoms with Crippen LogP contribution in [0.1, 0.15) is 44.3 Å². The van der Waals surface area contributed by atoms with Gasteiger partial charge < -0.3 is 9.52 Å². The molecule has 1 aliphatic rings. The number of aromatic nitrogens is 1. The van der Waals surface area contributed by atoms with Crippen molar-refractivity contribution in [1.29, 1.82) is 0 Å². The Balaban J connectivity index is 2.15. The topological polar surface area (TPSA) is 46.3 Å². The van der Waals surface area contributed by atoms with Gasteiger partial charge >= 0.3 is 0 Å². The Labute approximate surface area is 113 Å². The third kappa shape index (κ3) is 2.03. The first kappa shape index (κ1) is 12.3. The summed E-state index contributed by atoms with van der Waals surface area (Å²) in [4.78, 5) is 4.50. The Bertz CT molecular complexity index is 595. The maximum atomic E-state index is 10.0. The zero-order chi connectivity index (χ0) is 13.5. The average molecular weight is 257 g/mol. The van der Waals surface area contributed by atoms with Crippen molar-refractivity contribution in [2.75, 3.05) is 0 Å². The van der Waals surface area contributed by atoms with E-state index in [1.807, 2.05) is 25.1 Å². The van der Waals surface area contributed by atoms with Gasteiger partial charge in [-0.05, 0) is 25.0 Å². The van der Waals surface area contributed by atoms with E-state index in [0.717, 1.165) is 29.9 Å². The summed E-state index contributed by atoms with van der Waals surface area (Å²) in [6.07, 6.45) is 4.72. The summed E-state index contributed by atoms with van der Waals surface area (Å²) in [5.74, 6) is 1.86. The number of oxazole rings is 1. The van der Waals surface area contributed by atoms with Crippen molar-refractivity contribution in [3.05, 3.63) is 35.9 Å². The van der Waals surface area contributed by atoms with E-state index in [-0.39, 0.29) is 11.2 Å². The number of phenols is 1. The Hall–Kier alpha value is -1.77. The van der Waals surface area contributed by atoms with Gasteiger partial charge in [0.2, 0.25) is 0 Å². The number of nitrogens with zero attached hydrogens (tertiary/aromatic N) is 1. The van der Waals surface area contributed by atoms with Crippen molar-refractivity contribution in [2.24, 2.45) is 0 Å². The van der Waals surface area contributed by atoms with Gasteiger partial charge in [-0.1, -0.05) is 31.9 Å². The lowest BCUT2D eigenvalue weighted by Gasteiger charge is -2.21. The van der Waals surface area contributed by atoms with Gasteiger partial charge in [-0.3, -0.25) is 0 Å². The van der Waals surface area contributed by atoms with Gasteiger partial charge in [0.15, 0.2) is 5.89 Å². The lowest BCUT2D eigenvalue weighted by Crippen LogP contribution is -2.16. The Morgan fingerprint density at radius 3 is 2.58 bits per heavy atom. The molecule has 2 aromatic rings. The molecule has 0 spiro atoms. The first-order valence-corrected chi connectivity index (χ1v) is 6.86. The second kappa shape index (κ2) is 4.41. The fourth-order valence-corrected chi connectivity index (χ4v) is 3.07. The summed E-state index contributed by atoms with van der Waals surface area (Å²) in [6.45, 7) is 4.11. The van der Waals surface area contributed by atoms with Crippen molar-refractivity contribution in [1.82, 2.24) is 4.98 Å². The molecule has 1 saturated carbocycles. The third-order valence-corrected chi connectivity index (χ3v) is 4.15. The molecule has 0 unspecified atom stereocenters. The second-order valence-electron chi connectivity index (χ2n) is 5.70. The molecule has 1 aromatic carbocycles. The molecule has 1 N–H and O–H groups in total. The van der Waals surface area contributed by atoms with E-state index in [2.05, 4.69) is 11.9 Å². The van der Waals surface area contributed by atoms with Gasteiger partial charge in [-0.25, -0.2) is 4.98 Å². The highest BCUT2D eigenvalue weighted by Gasteiger charge is 2.37. The standard InChI is InChI=1S/C16H19NO2/c1-11-17-14(12-7-3-4-8-13(12)18)15(19-11)16(2)9-5-6-10-16/h3-4,7-8,18H,5-6,9-10H2,1-2H3. The molecule has 1 aromatic heterocycles. The minimum absolute atomic E-state index is 0.0544. The fourth-order valence-electron chi connectivity index (χ4n) is 3.07. The predicted molar refractivity (Wildman–Crippen MR) is 74.2 cm³/mol. The van der Waals surface area contributed by atoms with Crippen molar-refractivity contribution < 1.29 is 9.52 Å². The SMILES string of the molecule is Cc1nc(-c2ccccc2O)c(C2(C)CCCC2)o1. The van der Waals surface area contributed by atoms with Crippen LogP contribution in [-0.4, -0.2) is 10.1 Å². The van der Waals surface area contributed by atoms with Gasteiger partial charge in [-0.15, -0.1) is 0 Å². The molecule has 0 amide bonds. The van der Waals surface area contributed by atoms with Crippen molar-refractivity contribution in [2.45, 2.75) is 44.9 Å². The molecule has 1 aliphatic carbocycles. The molecular weight excluding hydrogens is 238 g/mol. The molecule has 0 bridgehead atoms. The number of hydrogen-bond acceptors (Lipinski definition) is 3. The van der Waals surface area contributed by atoms with Crippen LogP contribution >= 0.6 is 0 Å². The van der Waals surface area contributed by atoms with Crippen LogP contribution in [0, 0.1) is 6.92 Å². The zero-order valence-electron chi connectivity index (χ0n) is 11.4. The smallest absolute Gasteiger partial charge is 0.191 e. The van der Waals surface area contributed by atoms with E-state index in [1.165, 1.54) is 12.8 Å². The largest absolute Gasteiger partial charge is 0.507 e. The number of para-hydroxylation sites is 1. The lowest BCUT2D eigenvalue weighted by atomic mass is 9.84. The van der Waals surface area contributed by atoms with Crippen LogP contribution < -0.4 is 0 Å². The number of hydrogen-bond donors (Lipinski definition) is 1. The summed E-state index contributed by atoms with van der Waals surface area (Å²) in [5.41, 5.74) is 1.63. The molecule has 0 aliphatic heterocycles. The van der Waals surface area contributed by atoms with Crippen LogP contribution in [0.15, 0.2) is 28.7 Å². The monoisotopic (exact) mass is 257 g/mol. The molecule has 3 nitrogen and oxygen atoms in total. The number of phenolic OH excluding ortho intramolecular Hbond substituents is 1. The number of aromatic hydroxyl groups is 1. The van der Waals surface area contributed by atoms with Crippen LogP contribution in [0.3, 0.4) is 0 Å². The second-order valence-corrected chi connectivity index (χ2v) is 5.70. The minimum atomic E-state index is 0.0544. The quantitative estimate of drug-likeness (QED) is 0.877. The minimum Gasteiger partial charge on any atom is -0.507 e. The van der Waals surface area contributed by atoms with E-state index >= 15 is 0 Å². The summed E-state index contributed by atoms with van der Waals surface area (Å²) in [6, 6.07) is 7.33. The molecule has 1 heterocycles. The Morgan fingerprint density at radius 1 is 1.21 bits per heavy atom. The molecule has 0 atom stereocenters. The van der Waals surface area contributed by atoms with E-state index in [4.69, 9.17) is 4.42 Å². The van der Waals surface area contributed by atoms with Crippen LogP contribution in [-0.2, 0) is 5.41 Å². The average Bonchev–Trinajstić information content (AvgIpc) is 2.97. The van der Waals surface area contributed by atoms with Crippen LogP contribution in [0.25, 0.3) is 11.3 Å². The molecule has 3 heteroatoms. The molecular formula is C16H19NO2. The number of aryl methyl sites for hydroxylation is 1. The van der Waals surface area contributed by atoms with Gasteiger partial charge in [0.25, 0.3) is 0 Å².